The Morgan fingerprint density at radius 2 is 2.08 bits per heavy atom. The predicted octanol–water partition coefficient (Wildman–Crippen LogP) is 1.84. The zero-order chi connectivity index (χ0) is 18.4. The van der Waals surface area contributed by atoms with Gasteiger partial charge in [-0.3, -0.25) is 4.98 Å². The molecule has 1 aromatic carbocycles. The fourth-order valence-electron chi connectivity index (χ4n) is 2.37. The summed E-state index contributed by atoms with van der Waals surface area (Å²) in [6.45, 7) is 0. The highest BCUT2D eigenvalue weighted by molar-refractivity contribution is 7.72. The second-order valence-corrected chi connectivity index (χ2v) is 6.45. The van der Waals surface area contributed by atoms with Crippen molar-refractivity contribution in [2.75, 3.05) is 18.2 Å². The summed E-state index contributed by atoms with van der Waals surface area (Å²) in [5, 5.41) is 3.11. The van der Waals surface area contributed by atoms with E-state index in [1.54, 1.807) is 25.6 Å². The van der Waals surface area contributed by atoms with Crippen molar-refractivity contribution < 1.29 is 13.2 Å². The standard InChI is InChI=1S/C17H17N5O3S/c1-25-15-10-18-7-5-14(15)16-19-11-20-17(22-16)21-13-4-2-3-12(9-13)6-8-26(23)24/h2-5,7,9-11,26H,6,8H2,1H3,(H,19,20,21,22). The van der Waals surface area contributed by atoms with Crippen LogP contribution in [0, 0.1) is 0 Å². The van der Waals surface area contributed by atoms with Gasteiger partial charge in [0.25, 0.3) is 0 Å². The first-order chi connectivity index (χ1) is 12.7. The van der Waals surface area contributed by atoms with Crippen LogP contribution in [0.5, 0.6) is 5.75 Å². The van der Waals surface area contributed by atoms with E-state index in [2.05, 4.69) is 25.3 Å². The number of hydrogen-bond donors (Lipinski definition) is 2. The topological polar surface area (TPSA) is 107 Å². The van der Waals surface area contributed by atoms with Crippen molar-refractivity contribution in [1.82, 2.24) is 19.9 Å². The average molecular weight is 371 g/mol. The number of nitrogens with zero attached hydrogens (tertiary/aromatic N) is 4. The summed E-state index contributed by atoms with van der Waals surface area (Å²) in [7, 11) is -0.830. The van der Waals surface area contributed by atoms with Gasteiger partial charge in [0.05, 0.1) is 24.6 Å². The number of benzene rings is 1. The lowest BCUT2D eigenvalue weighted by Crippen LogP contribution is -2.02. The first-order valence-electron chi connectivity index (χ1n) is 7.81. The van der Waals surface area contributed by atoms with Gasteiger partial charge in [-0.1, -0.05) is 12.1 Å². The van der Waals surface area contributed by atoms with Crippen LogP contribution in [0.2, 0.25) is 0 Å². The molecule has 3 aromatic rings. The molecule has 0 fully saturated rings. The van der Waals surface area contributed by atoms with E-state index >= 15 is 0 Å². The van der Waals surface area contributed by atoms with Crippen LogP contribution in [0.4, 0.5) is 11.6 Å². The normalized spacial score (nSPS) is 10.7. The van der Waals surface area contributed by atoms with Gasteiger partial charge in [0.2, 0.25) is 5.95 Å². The van der Waals surface area contributed by atoms with Crippen molar-refractivity contribution in [3.63, 3.8) is 0 Å². The maximum Gasteiger partial charge on any atom is 0.230 e. The Morgan fingerprint density at radius 3 is 2.88 bits per heavy atom. The summed E-state index contributed by atoms with van der Waals surface area (Å²) in [4.78, 5) is 16.8. The van der Waals surface area contributed by atoms with E-state index < -0.39 is 10.7 Å². The van der Waals surface area contributed by atoms with E-state index in [0.717, 1.165) is 11.3 Å². The van der Waals surface area contributed by atoms with Crippen molar-refractivity contribution in [3.05, 3.63) is 54.6 Å². The zero-order valence-electron chi connectivity index (χ0n) is 14.0. The highest BCUT2D eigenvalue weighted by Gasteiger charge is 2.10. The van der Waals surface area contributed by atoms with Gasteiger partial charge in [-0.15, -0.1) is 0 Å². The van der Waals surface area contributed by atoms with E-state index in [0.29, 0.717) is 29.5 Å². The Kier molecular flexibility index (Phi) is 5.69. The number of hydrogen-bond acceptors (Lipinski definition) is 8. The van der Waals surface area contributed by atoms with Crippen LogP contribution in [0.1, 0.15) is 5.56 Å². The molecule has 0 atom stereocenters. The molecule has 1 N–H and O–H groups in total. The lowest BCUT2D eigenvalue weighted by molar-refractivity contribution is 0.414. The quantitative estimate of drug-likeness (QED) is 0.606. The predicted molar refractivity (Wildman–Crippen MR) is 98.2 cm³/mol. The van der Waals surface area contributed by atoms with Gasteiger partial charge in [0.1, 0.15) is 22.8 Å². The molecule has 0 aliphatic heterocycles. The van der Waals surface area contributed by atoms with E-state index in [9.17, 15) is 8.42 Å². The minimum absolute atomic E-state index is 0.122. The van der Waals surface area contributed by atoms with Crippen LogP contribution >= 0.6 is 0 Å². The highest BCUT2D eigenvalue weighted by Crippen LogP contribution is 2.26. The SMILES string of the molecule is COc1cnccc1-c1ncnc(Nc2cccc(CC[SH](=O)=O)c2)n1. The van der Waals surface area contributed by atoms with E-state index in [4.69, 9.17) is 4.74 Å². The Balaban J connectivity index is 1.82. The number of methoxy groups -OCH3 is 1. The molecule has 0 spiro atoms. The smallest absolute Gasteiger partial charge is 0.230 e. The second kappa shape index (κ2) is 8.34. The number of anilines is 2. The van der Waals surface area contributed by atoms with E-state index in [-0.39, 0.29) is 5.75 Å². The number of pyridine rings is 1. The molecule has 0 saturated carbocycles. The third kappa shape index (κ3) is 4.51. The number of aryl methyl sites for hydroxylation is 1. The average Bonchev–Trinajstić information content (AvgIpc) is 2.67. The number of aromatic nitrogens is 4. The van der Waals surface area contributed by atoms with Gasteiger partial charge >= 0.3 is 0 Å². The summed E-state index contributed by atoms with van der Waals surface area (Å²) < 4.78 is 26.8. The summed E-state index contributed by atoms with van der Waals surface area (Å²) in [5.41, 5.74) is 2.39. The molecule has 0 radical (unpaired) electrons. The molecular weight excluding hydrogens is 354 g/mol. The van der Waals surface area contributed by atoms with Crippen molar-refractivity contribution in [2.45, 2.75) is 6.42 Å². The first kappa shape index (κ1) is 17.7. The van der Waals surface area contributed by atoms with Gasteiger partial charge in [0.15, 0.2) is 5.82 Å². The molecule has 0 amide bonds. The van der Waals surface area contributed by atoms with Crippen LogP contribution in [0.25, 0.3) is 11.4 Å². The van der Waals surface area contributed by atoms with Crippen LogP contribution in [0.15, 0.2) is 49.1 Å². The largest absolute Gasteiger partial charge is 0.494 e. The first-order valence-corrected chi connectivity index (χ1v) is 9.17. The van der Waals surface area contributed by atoms with Gasteiger partial charge in [-0.05, 0) is 30.2 Å². The molecule has 0 unspecified atom stereocenters. The Labute approximate surface area is 152 Å². The van der Waals surface area contributed by atoms with Crippen molar-refractivity contribution in [2.24, 2.45) is 0 Å². The molecule has 8 nitrogen and oxygen atoms in total. The second-order valence-electron chi connectivity index (χ2n) is 5.34. The molecular formula is C17H17N5O3S. The maximum atomic E-state index is 10.8. The third-order valence-electron chi connectivity index (χ3n) is 3.58. The van der Waals surface area contributed by atoms with Gasteiger partial charge in [-0.25, -0.2) is 18.4 Å². The highest BCUT2D eigenvalue weighted by atomic mass is 32.2. The number of nitrogens with one attached hydrogen (secondary N) is 1. The molecule has 0 aliphatic rings. The van der Waals surface area contributed by atoms with Crippen LogP contribution in [-0.4, -0.2) is 41.2 Å². The Morgan fingerprint density at radius 1 is 1.19 bits per heavy atom. The van der Waals surface area contributed by atoms with Crippen LogP contribution < -0.4 is 10.1 Å². The maximum absolute atomic E-state index is 10.8. The molecule has 2 heterocycles. The molecule has 0 saturated heterocycles. The third-order valence-corrected chi connectivity index (χ3v) is 4.17. The van der Waals surface area contributed by atoms with Gasteiger partial charge in [-0.2, -0.15) is 4.98 Å². The molecule has 2 aromatic heterocycles. The summed E-state index contributed by atoms with van der Waals surface area (Å²) >= 11 is 0. The lowest BCUT2D eigenvalue weighted by atomic mass is 10.1. The summed E-state index contributed by atoms with van der Waals surface area (Å²) in [5.74, 6) is 1.52. The van der Waals surface area contributed by atoms with Gasteiger partial charge < -0.3 is 10.1 Å². The Bertz CT molecular complexity index is 970. The Hall–Kier alpha value is -3.07. The fraction of sp³-hybridized carbons (Fsp3) is 0.176. The monoisotopic (exact) mass is 371 g/mol. The van der Waals surface area contributed by atoms with Gasteiger partial charge in [0, 0.05) is 11.9 Å². The fourth-order valence-corrected chi connectivity index (χ4v) is 2.81. The molecule has 9 heteroatoms. The van der Waals surface area contributed by atoms with E-state index in [1.165, 1.54) is 6.33 Å². The molecule has 0 bridgehead atoms. The number of rotatable bonds is 7. The van der Waals surface area contributed by atoms with Crippen LogP contribution in [-0.2, 0) is 17.1 Å². The molecule has 3 rings (SSSR count). The molecule has 26 heavy (non-hydrogen) atoms. The number of thiol groups is 1. The number of ether oxygens (including phenoxy) is 1. The molecule has 134 valence electrons. The van der Waals surface area contributed by atoms with Crippen molar-refractivity contribution in [3.8, 4) is 17.1 Å². The van der Waals surface area contributed by atoms with Crippen LogP contribution in [0.3, 0.4) is 0 Å². The summed E-state index contributed by atoms with van der Waals surface area (Å²) in [6.07, 6.45) is 5.11. The minimum atomic E-state index is -2.39. The van der Waals surface area contributed by atoms with Crippen molar-refractivity contribution >= 4 is 22.3 Å². The van der Waals surface area contributed by atoms with Crippen molar-refractivity contribution in [1.29, 1.82) is 0 Å². The van der Waals surface area contributed by atoms with E-state index in [1.807, 2.05) is 24.3 Å². The minimum Gasteiger partial charge on any atom is -0.494 e. The lowest BCUT2D eigenvalue weighted by Gasteiger charge is -2.09. The molecule has 0 aliphatic carbocycles. The zero-order valence-corrected chi connectivity index (χ0v) is 14.9. The summed E-state index contributed by atoms with van der Waals surface area (Å²) in [6, 6.07) is 9.23.